The van der Waals surface area contributed by atoms with Crippen molar-refractivity contribution in [3.8, 4) is 5.75 Å². The van der Waals surface area contributed by atoms with E-state index in [4.69, 9.17) is 0 Å². The Morgan fingerprint density at radius 3 is 2.67 bits per heavy atom. The molecule has 2 heterocycles. The Kier molecular flexibility index (Phi) is 6.10. The topological polar surface area (TPSA) is 64.6 Å². The van der Waals surface area contributed by atoms with Crippen LogP contribution in [0.4, 0.5) is 0 Å². The van der Waals surface area contributed by atoms with Crippen LogP contribution in [0, 0.1) is 11.8 Å². The van der Waals surface area contributed by atoms with Crippen molar-refractivity contribution in [2.45, 2.75) is 32.2 Å². The predicted molar refractivity (Wildman–Crippen MR) is 94.7 cm³/mol. The molecule has 0 unspecified atom stereocenters. The second kappa shape index (κ2) is 8.49. The van der Waals surface area contributed by atoms with Gasteiger partial charge in [0.1, 0.15) is 5.75 Å². The van der Waals surface area contributed by atoms with Gasteiger partial charge in [0.2, 0.25) is 5.91 Å². The summed E-state index contributed by atoms with van der Waals surface area (Å²) < 4.78 is 0. The first-order valence-corrected chi connectivity index (χ1v) is 9.19. The van der Waals surface area contributed by atoms with E-state index in [-0.39, 0.29) is 11.8 Å². The zero-order valence-corrected chi connectivity index (χ0v) is 14.3. The lowest BCUT2D eigenvalue weighted by Gasteiger charge is -2.32. The lowest BCUT2D eigenvalue weighted by molar-refractivity contribution is -0.126. The highest BCUT2D eigenvalue weighted by Crippen LogP contribution is 2.20. The molecule has 1 amide bonds. The minimum atomic E-state index is 0.206. The Hall–Kier alpha value is -1.59. The highest BCUT2D eigenvalue weighted by Gasteiger charge is 2.23. The van der Waals surface area contributed by atoms with Crippen LogP contribution in [0.3, 0.4) is 0 Å². The van der Waals surface area contributed by atoms with E-state index in [0.717, 1.165) is 70.5 Å². The van der Waals surface area contributed by atoms with Gasteiger partial charge >= 0.3 is 0 Å². The van der Waals surface area contributed by atoms with Crippen molar-refractivity contribution in [3.05, 3.63) is 29.8 Å². The maximum absolute atomic E-state index is 12.2. The van der Waals surface area contributed by atoms with Crippen LogP contribution < -0.4 is 10.6 Å². The molecule has 24 heavy (non-hydrogen) atoms. The van der Waals surface area contributed by atoms with E-state index in [9.17, 15) is 9.90 Å². The van der Waals surface area contributed by atoms with Crippen molar-refractivity contribution >= 4 is 5.91 Å². The van der Waals surface area contributed by atoms with Crippen LogP contribution in [0.2, 0.25) is 0 Å². The second-order valence-electron chi connectivity index (χ2n) is 7.16. The molecule has 0 atom stereocenters. The van der Waals surface area contributed by atoms with Gasteiger partial charge in [-0.25, -0.2) is 0 Å². The third-order valence-corrected chi connectivity index (χ3v) is 5.30. The van der Waals surface area contributed by atoms with Crippen molar-refractivity contribution in [2.75, 3.05) is 32.7 Å². The van der Waals surface area contributed by atoms with Gasteiger partial charge in [-0.2, -0.15) is 0 Å². The Labute approximate surface area is 144 Å². The third kappa shape index (κ3) is 4.95. The third-order valence-electron chi connectivity index (χ3n) is 5.30. The fourth-order valence-corrected chi connectivity index (χ4v) is 3.74. The van der Waals surface area contributed by atoms with Crippen LogP contribution in [0.5, 0.6) is 5.75 Å². The van der Waals surface area contributed by atoms with Crippen LogP contribution in [0.15, 0.2) is 24.3 Å². The van der Waals surface area contributed by atoms with Crippen molar-refractivity contribution in [3.63, 3.8) is 0 Å². The molecule has 3 N–H and O–H groups in total. The zero-order chi connectivity index (χ0) is 16.8. The standard InChI is InChI=1S/C19H29N3O2/c23-18-3-1-2-16(12-18)14-22-10-6-15(7-11-22)13-21-19(24)17-4-8-20-9-5-17/h1-3,12,15,17,20,23H,4-11,13-14H2,(H,21,24). The van der Waals surface area contributed by atoms with Crippen LogP contribution in [-0.2, 0) is 11.3 Å². The number of nitrogens with one attached hydrogen (secondary N) is 2. The first kappa shape index (κ1) is 17.2. The summed E-state index contributed by atoms with van der Waals surface area (Å²) in [6, 6.07) is 7.50. The average molecular weight is 331 g/mol. The Morgan fingerprint density at radius 1 is 1.21 bits per heavy atom. The first-order chi connectivity index (χ1) is 11.7. The summed E-state index contributed by atoms with van der Waals surface area (Å²) in [5.74, 6) is 1.38. The van der Waals surface area contributed by atoms with Gasteiger partial charge in [-0.15, -0.1) is 0 Å². The smallest absolute Gasteiger partial charge is 0.223 e. The number of piperidine rings is 2. The summed E-state index contributed by atoms with van der Waals surface area (Å²) in [6.07, 6.45) is 4.19. The number of rotatable bonds is 5. The van der Waals surface area contributed by atoms with Crippen molar-refractivity contribution in [2.24, 2.45) is 11.8 Å². The summed E-state index contributed by atoms with van der Waals surface area (Å²) in [4.78, 5) is 14.6. The summed E-state index contributed by atoms with van der Waals surface area (Å²) in [7, 11) is 0. The minimum absolute atomic E-state index is 0.206. The Balaban J connectivity index is 1.36. The van der Waals surface area contributed by atoms with Crippen LogP contribution >= 0.6 is 0 Å². The van der Waals surface area contributed by atoms with Crippen LogP contribution in [-0.4, -0.2) is 48.6 Å². The molecular formula is C19H29N3O2. The molecule has 2 aliphatic heterocycles. The molecule has 5 heteroatoms. The van der Waals surface area contributed by atoms with E-state index >= 15 is 0 Å². The van der Waals surface area contributed by atoms with E-state index in [0.29, 0.717) is 11.7 Å². The predicted octanol–water partition coefficient (Wildman–Crippen LogP) is 1.72. The molecule has 2 aliphatic rings. The molecule has 2 saturated heterocycles. The molecule has 0 bridgehead atoms. The Morgan fingerprint density at radius 2 is 1.96 bits per heavy atom. The van der Waals surface area contributed by atoms with Gasteiger partial charge in [-0.1, -0.05) is 12.1 Å². The molecule has 0 spiro atoms. The van der Waals surface area contributed by atoms with E-state index in [1.54, 1.807) is 6.07 Å². The first-order valence-electron chi connectivity index (χ1n) is 9.19. The molecule has 0 radical (unpaired) electrons. The van der Waals surface area contributed by atoms with Gasteiger partial charge in [0.15, 0.2) is 0 Å². The summed E-state index contributed by atoms with van der Waals surface area (Å²) in [5, 5.41) is 16.0. The number of nitrogens with zero attached hydrogens (tertiary/aromatic N) is 1. The zero-order valence-electron chi connectivity index (χ0n) is 14.3. The monoisotopic (exact) mass is 331 g/mol. The molecular weight excluding hydrogens is 302 g/mol. The molecule has 3 rings (SSSR count). The highest BCUT2D eigenvalue weighted by molar-refractivity contribution is 5.78. The second-order valence-corrected chi connectivity index (χ2v) is 7.16. The number of aromatic hydroxyl groups is 1. The Bertz CT molecular complexity index is 535. The maximum atomic E-state index is 12.2. The van der Waals surface area contributed by atoms with E-state index < -0.39 is 0 Å². The van der Waals surface area contributed by atoms with Gasteiger partial charge in [0.05, 0.1) is 0 Å². The quantitative estimate of drug-likeness (QED) is 0.769. The number of hydrogen-bond donors (Lipinski definition) is 3. The maximum Gasteiger partial charge on any atom is 0.223 e. The molecule has 2 fully saturated rings. The summed E-state index contributed by atoms with van der Waals surface area (Å²) >= 11 is 0. The van der Waals surface area contributed by atoms with Crippen LogP contribution in [0.1, 0.15) is 31.2 Å². The number of phenolic OH excluding ortho intramolecular Hbond substituents is 1. The summed E-state index contributed by atoms with van der Waals surface area (Å²) in [6.45, 7) is 5.76. The molecule has 1 aromatic rings. The molecule has 0 saturated carbocycles. The number of likely N-dealkylation sites (tertiary alicyclic amines) is 1. The molecule has 0 aromatic heterocycles. The molecule has 0 aliphatic carbocycles. The van der Waals surface area contributed by atoms with E-state index in [1.807, 2.05) is 12.1 Å². The van der Waals surface area contributed by atoms with Gasteiger partial charge in [-0.3, -0.25) is 9.69 Å². The van der Waals surface area contributed by atoms with Gasteiger partial charge in [-0.05, 0) is 75.5 Å². The minimum Gasteiger partial charge on any atom is -0.508 e. The number of hydrogen-bond acceptors (Lipinski definition) is 4. The van der Waals surface area contributed by atoms with Crippen molar-refractivity contribution in [1.82, 2.24) is 15.5 Å². The van der Waals surface area contributed by atoms with Gasteiger partial charge in [0.25, 0.3) is 0 Å². The van der Waals surface area contributed by atoms with E-state index in [1.165, 1.54) is 0 Å². The lowest BCUT2D eigenvalue weighted by Crippen LogP contribution is -2.42. The number of phenols is 1. The molecule has 1 aromatic carbocycles. The number of benzene rings is 1. The van der Waals surface area contributed by atoms with E-state index in [2.05, 4.69) is 21.6 Å². The summed E-state index contributed by atoms with van der Waals surface area (Å²) in [5.41, 5.74) is 1.16. The van der Waals surface area contributed by atoms with Crippen molar-refractivity contribution < 1.29 is 9.90 Å². The van der Waals surface area contributed by atoms with Crippen molar-refractivity contribution in [1.29, 1.82) is 0 Å². The number of carbonyl (C=O) groups is 1. The fourth-order valence-electron chi connectivity index (χ4n) is 3.74. The average Bonchev–Trinajstić information content (AvgIpc) is 2.62. The number of amides is 1. The largest absolute Gasteiger partial charge is 0.508 e. The fraction of sp³-hybridized carbons (Fsp3) is 0.632. The molecule has 5 nitrogen and oxygen atoms in total. The highest BCUT2D eigenvalue weighted by atomic mass is 16.3. The SMILES string of the molecule is O=C(NCC1CCN(Cc2cccc(O)c2)CC1)C1CCNCC1. The van der Waals surface area contributed by atoms with Crippen LogP contribution in [0.25, 0.3) is 0 Å². The van der Waals surface area contributed by atoms with Gasteiger partial charge in [0, 0.05) is 19.0 Å². The molecule has 132 valence electrons. The van der Waals surface area contributed by atoms with Gasteiger partial charge < -0.3 is 15.7 Å². The lowest BCUT2D eigenvalue weighted by atomic mass is 9.94. The normalized spacial score (nSPS) is 20.8. The number of carbonyl (C=O) groups excluding carboxylic acids is 1.